The number of benzene rings is 1. The van der Waals surface area contributed by atoms with E-state index in [1.807, 2.05) is 24.4 Å². The van der Waals surface area contributed by atoms with Crippen LogP contribution in [0.2, 0.25) is 0 Å². The highest BCUT2D eigenvalue weighted by atomic mass is 16.5. The molecule has 1 aromatic carbocycles. The molecule has 0 aliphatic carbocycles. The molecule has 17 heavy (non-hydrogen) atoms. The van der Waals surface area contributed by atoms with E-state index in [2.05, 4.69) is 15.2 Å². The van der Waals surface area contributed by atoms with Gasteiger partial charge < -0.3 is 21.2 Å². The first-order chi connectivity index (χ1) is 8.20. The molecule has 0 spiro atoms. The Kier molecular flexibility index (Phi) is 2.95. The molecule has 1 heterocycles. The summed E-state index contributed by atoms with van der Waals surface area (Å²) in [6, 6.07) is 5.74. The van der Waals surface area contributed by atoms with Gasteiger partial charge >= 0.3 is 0 Å². The zero-order valence-electron chi connectivity index (χ0n) is 9.34. The normalized spacial score (nSPS) is 10.9. The van der Waals surface area contributed by atoms with Crippen LogP contribution in [0.1, 0.15) is 5.56 Å². The zero-order chi connectivity index (χ0) is 12.3. The van der Waals surface area contributed by atoms with Crippen molar-refractivity contribution < 1.29 is 4.74 Å². The average molecular weight is 231 g/mol. The highest BCUT2D eigenvalue weighted by Crippen LogP contribution is 2.22. The molecule has 2 aromatic rings. The second-order valence-corrected chi connectivity index (χ2v) is 3.42. The highest BCUT2D eigenvalue weighted by Gasteiger charge is 2.02. The van der Waals surface area contributed by atoms with Crippen LogP contribution in [0, 0.1) is 0 Å². The molecule has 6 heteroatoms. The van der Waals surface area contributed by atoms with Crippen molar-refractivity contribution in [3.63, 3.8) is 0 Å². The third-order valence-corrected chi connectivity index (χ3v) is 2.29. The summed E-state index contributed by atoms with van der Waals surface area (Å²) >= 11 is 0. The van der Waals surface area contributed by atoms with E-state index in [9.17, 15) is 0 Å². The Bertz CT molecular complexity index is 581. The first-order valence-electron chi connectivity index (χ1n) is 4.98. The van der Waals surface area contributed by atoms with Crippen LogP contribution in [-0.2, 0) is 0 Å². The fourth-order valence-electron chi connectivity index (χ4n) is 1.51. The number of rotatable bonds is 3. The molecule has 0 radical (unpaired) electrons. The predicted molar refractivity (Wildman–Crippen MR) is 68.3 cm³/mol. The fourth-order valence-corrected chi connectivity index (χ4v) is 1.51. The van der Waals surface area contributed by atoms with Crippen LogP contribution in [0.25, 0.3) is 10.9 Å². The van der Waals surface area contributed by atoms with Crippen molar-refractivity contribution in [2.75, 3.05) is 7.11 Å². The van der Waals surface area contributed by atoms with Crippen LogP contribution < -0.4 is 16.2 Å². The Morgan fingerprint density at radius 1 is 1.41 bits per heavy atom. The molecule has 0 saturated carbocycles. The van der Waals surface area contributed by atoms with E-state index >= 15 is 0 Å². The molecule has 0 atom stereocenters. The topological polar surface area (TPSA) is 102 Å². The van der Waals surface area contributed by atoms with Crippen molar-refractivity contribution in [1.82, 2.24) is 4.98 Å². The molecule has 0 aliphatic heterocycles. The smallest absolute Gasteiger partial charge is 0.211 e. The molecule has 88 valence electrons. The molecule has 0 aliphatic rings. The number of ether oxygens (including phenoxy) is 1. The summed E-state index contributed by atoms with van der Waals surface area (Å²) in [5.41, 5.74) is 12.2. The van der Waals surface area contributed by atoms with Crippen molar-refractivity contribution in [2.24, 2.45) is 21.7 Å². The largest absolute Gasteiger partial charge is 0.497 e. The van der Waals surface area contributed by atoms with Crippen LogP contribution >= 0.6 is 0 Å². The minimum atomic E-state index is -0.0707. The fraction of sp³-hybridized carbons (Fsp3) is 0.0909. The average Bonchev–Trinajstić information content (AvgIpc) is 2.71. The van der Waals surface area contributed by atoms with Gasteiger partial charge in [-0.1, -0.05) is 0 Å². The van der Waals surface area contributed by atoms with E-state index in [-0.39, 0.29) is 5.96 Å². The molecule has 0 unspecified atom stereocenters. The lowest BCUT2D eigenvalue weighted by molar-refractivity contribution is 0.415. The summed E-state index contributed by atoms with van der Waals surface area (Å²) in [7, 11) is 1.63. The maximum atomic E-state index is 5.18. The Hall–Kier alpha value is -2.50. The third kappa shape index (κ3) is 2.36. The van der Waals surface area contributed by atoms with E-state index in [4.69, 9.17) is 16.2 Å². The third-order valence-electron chi connectivity index (χ3n) is 2.29. The number of H-pyrrole nitrogens is 1. The first kappa shape index (κ1) is 11.0. The standard InChI is InChI=1S/C11H13N5O/c1-17-8-2-3-10-9(4-8)7(5-14-10)6-15-16-11(12)13/h2-6,14H,1H3,(H4,12,13,16)/b15-6+. The van der Waals surface area contributed by atoms with Crippen molar-refractivity contribution in [1.29, 1.82) is 0 Å². The molecule has 5 N–H and O–H groups in total. The highest BCUT2D eigenvalue weighted by molar-refractivity contribution is 5.99. The zero-order valence-corrected chi connectivity index (χ0v) is 9.34. The molecule has 1 aromatic heterocycles. The molecule has 2 rings (SSSR count). The van der Waals surface area contributed by atoms with Gasteiger partial charge in [0.2, 0.25) is 5.96 Å². The van der Waals surface area contributed by atoms with Gasteiger partial charge in [-0.15, -0.1) is 5.10 Å². The minimum absolute atomic E-state index is 0.0707. The lowest BCUT2D eigenvalue weighted by Gasteiger charge is -1.98. The van der Waals surface area contributed by atoms with Gasteiger partial charge in [0, 0.05) is 22.7 Å². The van der Waals surface area contributed by atoms with Crippen LogP contribution in [0.4, 0.5) is 0 Å². The maximum absolute atomic E-state index is 5.18. The summed E-state index contributed by atoms with van der Waals surface area (Å²) in [6.07, 6.45) is 3.41. The van der Waals surface area contributed by atoms with E-state index in [1.54, 1.807) is 13.3 Å². The van der Waals surface area contributed by atoms with E-state index in [0.717, 1.165) is 22.2 Å². The number of nitrogens with zero attached hydrogens (tertiary/aromatic N) is 2. The summed E-state index contributed by atoms with van der Waals surface area (Å²) in [6.45, 7) is 0. The van der Waals surface area contributed by atoms with Crippen molar-refractivity contribution in [2.45, 2.75) is 0 Å². The Morgan fingerprint density at radius 2 is 2.24 bits per heavy atom. The summed E-state index contributed by atoms with van der Waals surface area (Å²) in [4.78, 5) is 3.12. The van der Waals surface area contributed by atoms with E-state index in [1.165, 1.54) is 0 Å². The number of nitrogens with one attached hydrogen (secondary N) is 1. The molecule has 0 fully saturated rings. The first-order valence-corrected chi connectivity index (χ1v) is 4.98. The number of aromatic nitrogens is 1. The Labute approximate surface area is 98.0 Å². The van der Waals surface area contributed by atoms with Gasteiger partial charge in [0.15, 0.2) is 0 Å². The van der Waals surface area contributed by atoms with Crippen LogP contribution in [0.3, 0.4) is 0 Å². The van der Waals surface area contributed by atoms with Gasteiger partial charge in [0.1, 0.15) is 5.75 Å². The van der Waals surface area contributed by atoms with Crippen LogP contribution in [0.15, 0.2) is 34.6 Å². The maximum Gasteiger partial charge on any atom is 0.211 e. The van der Waals surface area contributed by atoms with Crippen LogP contribution in [-0.4, -0.2) is 24.3 Å². The van der Waals surface area contributed by atoms with Gasteiger partial charge in [0.05, 0.1) is 13.3 Å². The Balaban J connectivity index is 2.40. The van der Waals surface area contributed by atoms with Gasteiger partial charge in [-0.05, 0) is 18.2 Å². The van der Waals surface area contributed by atoms with Gasteiger partial charge in [0.25, 0.3) is 0 Å². The Morgan fingerprint density at radius 3 is 2.94 bits per heavy atom. The number of hydrogen-bond acceptors (Lipinski definition) is 3. The van der Waals surface area contributed by atoms with Gasteiger partial charge in [-0.3, -0.25) is 0 Å². The summed E-state index contributed by atoms with van der Waals surface area (Å²) in [5, 5.41) is 8.32. The SMILES string of the molecule is COc1ccc2[nH]cc(/C=N/N=C(N)N)c2c1. The number of aromatic amines is 1. The van der Waals surface area contributed by atoms with Crippen molar-refractivity contribution in [3.8, 4) is 5.75 Å². The molecule has 0 bridgehead atoms. The molecular weight excluding hydrogens is 218 g/mol. The lowest BCUT2D eigenvalue weighted by Crippen LogP contribution is -2.21. The number of guanidine groups is 1. The van der Waals surface area contributed by atoms with Crippen molar-refractivity contribution >= 4 is 23.1 Å². The predicted octanol–water partition coefficient (Wildman–Crippen LogP) is 0.784. The molecule has 0 saturated heterocycles. The summed E-state index contributed by atoms with van der Waals surface area (Å²) in [5.74, 6) is 0.715. The molecular formula is C11H13N5O. The number of hydrogen-bond donors (Lipinski definition) is 3. The van der Waals surface area contributed by atoms with E-state index in [0.29, 0.717) is 0 Å². The van der Waals surface area contributed by atoms with E-state index < -0.39 is 0 Å². The molecule has 6 nitrogen and oxygen atoms in total. The quantitative estimate of drug-likeness (QED) is 0.413. The van der Waals surface area contributed by atoms with Crippen LogP contribution in [0.5, 0.6) is 5.75 Å². The van der Waals surface area contributed by atoms with Gasteiger partial charge in [-0.25, -0.2) is 0 Å². The van der Waals surface area contributed by atoms with Gasteiger partial charge in [-0.2, -0.15) is 5.10 Å². The summed E-state index contributed by atoms with van der Waals surface area (Å²) < 4.78 is 5.16. The van der Waals surface area contributed by atoms with Crippen molar-refractivity contribution in [3.05, 3.63) is 30.0 Å². The second-order valence-electron chi connectivity index (χ2n) is 3.42. The molecule has 0 amide bonds. The lowest BCUT2D eigenvalue weighted by atomic mass is 10.2. The number of nitrogens with two attached hydrogens (primary N) is 2. The number of methoxy groups -OCH3 is 1. The minimum Gasteiger partial charge on any atom is -0.497 e. The second kappa shape index (κ2) is 4.56. The number of fused-ring (bicyclic) bond motifs is 1. The monoisotopic (exact) mass is 231 g/mol.